The third-order valence-corrected chi connectivity index (χ3v) is 2.99. The summed E-state index contributed by atoms with van der Waals surface area (Å²) in [4.78, 5) is 67.4. The number of ether oxygens (including phenoxy) is 4. The monoisotopic (exact) mass is 418 g/mol. The van der Waals surface area contributed by atoms with E-state index in [1.165, 1.54) is 13.8 Å². The van der Waals surface area contributed by atoms with Crippen molar-refractivity contribution in [3.8, 4) is 0 Å². The van der Waals surface area contributed by atoms with Gasteiger partial charge < -0.3 is 29.6 Å². The van der Waals surface area contributed by atoms with Crippen LogP contribution >= 0.6 is 0 Å². The van der Waals surface area contributed by atoms with Crippen LogP contribution in [0.2, 0.25) is 0 Å². The largest absolute Gasteiger partial charge is 0.462 e. The SMILES string of the molecule is CC(=O)OCC(CNC(=O)CC(=O)NCC(COC(C)=O)OC(C)=O)OC(C)=O. The molecule has 0 aromatic carbocycles. The van der Waals surface area contributed by atoms with E-state index in [-0.39, 0.29) is 26.3 Å². The molecule has 164 valence electrons. The molecule has 0 aromatic heterocycles. The number of hydrogen-bond donors (Lipinski definition) is 2. The van der Waals surface area contributed by atoms with E-state index in [4.69, 9.17) is 18.9 Å². The first kappa shape index (κ1) is 25.8. The third kappa shape index (κ3) is 15.6. The summed E-state index contributed by atoms with van der Waals surface area (Å²) in [6.07, 6.45) is -2.36. The molecule has 0 saturated carbocycles. The summed E-state index contributed by atoms with van der Waals surface area (Å²) >= 11 is 0. The van der Waals surface area contributed by atoms with Crippen LogP contribution in [0.15, 0.2) is 0 Å². The van der Waals surface area contributed by atoms with Crippen molar-refractivity contribution < 1.29 is 47.7 Å². The number of hydrogen-bond acceptors (Lipinski definition) is 10. The summed E-state index contributed by atoms with van der Waals surface area (Å²) in [5, 5.41) is 4.76. The van der Waals surface area contributed by atoms with Gasteiger partial charge in [0.1, 0.15) is 19.6 Å². The van der Waals surface area contributed by atoms with E-state index >= 15 is 0 Å². The first-order valence-corrected chi connectivity index (χ1v) is 8.64. The molecular weight excluding hydrogens is 392 g/mol. The van der Waals surface area contributed by atoms with E-state index in [1.54, 1.807) is 0 Å². The molecule has 0 aromatic rings. The second kappa shape index (κ2) is 13.9. The normalized spacial score (nSPS) is 12.0. The Labute approximate surface area is 167 Å². The molecule has 0 heterocycles. The van der Waals surface area contributed by atoms with Crippen molar-refractivity contribution in [2.24, 2.45) is 0 Å². The first-order chi connectivity index (χ1) is 13.5. The van der Waals surface area contributed by atoms with Gasteiger partial charge in [0.05, 0.1) is 13.1 Å². The molecule has 2 amide bonds. The van der Waals surface area contributed by atoms with Gasteiger partial charge in [-0.05, 0) is 0 Å². The standard InChI is InChI=1S/C17H26N2O10/c1-10(20)26-8-14(28-12(3)22)6-18-16(24)5-17(25)19-7-15(29-13(4)23)9-27-11(2)21/h14-15H,5-9H2,1-4H3,(H,18,24)(H,19,25). The molecule has 2 N–H and O–H groups in total. The lowest BCUT2D eigenvalue weighted by Gasteiger charge is -2.18. The van der Waals surface area contributed by atoms with Crippen LogP contribution < -0.4 is 10.6 Å². The highest BCUT2D eigenvalue weighted by Crippen LogP contribution is 1.97. The maximum absolute atomic E-state index is 11.8. The topological polar surface area (TPSA) is 163 Å². The molecule has 0 aliphatic rings. The Morgan fingerprint density at radius 2 is 0.966 bits per heavy atom. The smallest absolute Gasteiger partial charge is 0.303 e. The molecule has 12 heteroatoms. The molecule has 0 aliphatic heterocycles. The summed E-state index contributed by atoms with van der Waals surface area (Å²) < 4.78 is 19.3. The van der Waals surface area contributed by atoms with E-state index in [0.717, 1.165) is 13.8 Å². The Morgan fingerprint density at radius 1 is 0.621 bits per heavy atom. The van der Waals surface area contributed by atoms with Crippen molar-refractivity contribution >= 4 is 35.7 Å². The summed E-state index contributed by atoms with van der Waals surface area (Å²) in [5.41, 5.74) is 0. The Hall–Kier alpha value is -3.18. The van der Waals surface area contributed by atoms with E-state index < -0.39 is 54.3 Å². The number of amides is 2. The van der Waals surface area contributed by atoms with Gasteiger partial charge in [-0.3, -0.25) is 28.8 Å². The fourth-order valence-electron chi connectivity index (χ4n) is 1.89. The molecule has 0 aliphatic carbocycles. The van der Waals surface area contributed by atoms with Crippen molar-refractivity contribution in [3.05, 3.63) is 0 Å². The van der Waals surface area contributed by atoms with Crippen LogP contribution in [-0.4, -0.2) is 74.2 Å². The Kier molecular flexibility index (Phi) is 12.4. The Balaban J connectivity index is 4.42. The first-order valence-electron chi connectivity index (χ1n) is 8.64. The summed E-state index contributed by atoms with van der Waals surface area (Å²) in [5.74, 6) is -3.76. The number of rotatable bonds is 12. The van der Waals surface area contributed by atoms with Gasteiger partial charge in [-0.1, -0.05) is 0 Å². The van der Waals surface area contributed by atoms with E-state index in [0.29, 0.717) is 0 Å². The van der Waals surface area contributed by atoms with Crippen LogP contribution in [0.25, 0.3) is 0 Å². The second-order valence-electron chi connectivity index (χ2n) is 5.85. The quantitative estimate of drug-likeness (QED) is 0.219. The van der Waals surface area contributed by atoms with E-state index in [1.807, 2.05) is 0 Å². The summed E-state index contributed by atoms with van der Waals surface area (Å²) in [6, 6.07) is 0. The fourth-order valence-corrected chi connectivity index (χ4v) is 1.89. The van der Waals surface area contributed by atoms with Crippen LogP contribution in [0.4, 0.5) is 0 Å². The van der Waals surface area contributed by atoms with Crippen LogP contribution in [0.3, 0.4) is 0 Å². The van der Waals surface area contributed by atoms with Gasteiger partial charge >= 0.3 is 23.9 Å². The predicted octanol–water partition coefficient (Wildman–Crippen LogP) is -1.40. The molecule has 0 fully saturated rings. The van der Waals surface area contributed by atoms with Gasteiger partial charge in [0, 0.05) is 27.7 Å². The lowest BCUT2D eigenvalue weighted by molar-refractivity contribution is -0.156. The molecule has 0 rings (SSSR count). The third-order valence-electron chi connectivity index (χ3n) is 2.99. The molecule has 0 spiro atoms. The lowest BCUT2D eigenvalue weighted by Crippen LogP contribution is -2.41. The highest BCUT2D eigenvalue weighted by molar-refractivity contribution is 5.96. The van der Waals surface area contributed by atoms with Crippen LogP contribution in [-0.2, 0) is 47.7 Å². The van der Waals surface area contributed by atoms with Crippen LogP contribution in [0.5, 0.6) is 0 Å². The van der Waals surface area contributed by atoms with Crippen molar-refractivity contribution in [3.63, 3.8) is 0 Å². The van der Waals surface area contributed by atoms with Crippen molar-refractivity contribution in [2.75, 3.05) is 26.3 Å². The highest BCUT2D eigenvalue weighted by Gasteiger charge is 2.19. The van der Waals surface area contributed by atoms with E-state index in [9.17, 15) is 28.8 Å². The van der Waals surface area contributed by atoms with Gasteiger partial charge in [-0.25, -0.2) is 0 Å². The average Bonchev–Trinajstić information content (AvgIpc) is 2.58. The zero-order chi connectivity index (χ0) is 22.4. The number of carbonyl (C=O) groups excluding carboxylic acids is 6. The van der Waals surface area contributed by atoms with Gasteiger partial charge in [-0.15, -0.1) is 0 Å². The molecular formula is C17H26N2O10. The second-order valence-corrected chi connectivity index (χ2v) is 5.85. The van der Waals surface area contributed by atoms with Gasteiger partial charge in [0.15, 0.2) is 12.2 Å². The van der Waals surface area contributed by atoms with Gasteiger partial charge in [0.2, 0.25) is 11.8 Å². The Morgan fingerprint density at radius 3 is 1.24 bits per heavy atom. The molecule has 0 bridgehead atoms. The van der Waals surface area contributed by atoms with Crippen molar-refractivity contribution in [1.29, 1.82) is 0 Å². The maximum Gasteiger partial charge on any atom is 0.303 e. The van der Waals surface area contributed by atoms with Crippen molar-refractivity contribution in [1.82, 2.24) is 10.6 Å². The number of esters is 4. The van der Waals surface area contributed by atoms with Gasteiger partial charge in [-0.2, -0.15) is 0 Å². The minimum Gasteiger partial charge on any atom is -0.462 e. The fraction of sp³-hybridized carbons (Fsp3) is 0.647. The lowest BCUT2D eigenvalue weighted by atomic mass is 10.3. The molecule has 0 radical (unpaired) electrons. The summed E-state index contributed by atoms with van der Waals surface area (Å²) in [7, 11) is 0. The Bertz CT molecular complexity index is 567. The number of carbonyl (C=O) groups is 6. The zero-order valence-electron chi connectivity index (χ0n) is 16.8. The minimum absolute atomic E-state index is 0.165. The predicted molar refractivity (Wildman–Crippen MR) is 95.0 cm³/mol. The molecule has 29 heavy (non-hydrogen) atoms. The zero-order valence-corrected chi connectivity index (χ0v) is 16.8. The summed E-state index contributed by atoms with van der Waals surface area (Å²) in [6.45, 7) is 3.85. The molecule has 0 saturated heterocycles. The van der Waals surface area contributed by atoms with Gasteiger partial charge in [0.25, 0.3) is 0 Å². The average molecular weight is 418 g/mol. The molecule has 12 nitrogen and oxygen atoms in total. The van der Waals surface area contributed by atoms with E-state index in [2.05, 4.69) is 10.6 Å². The molecule has 2 atom stereocenters. The highest BCUT2D eigenvalue weighted by atomic mass is 16.6. The minimum atomic E-state index is -0.902. The van der Waals surface area contributed by atoms with Crippen LogP contribution in [0.1, 0.15) is 34.1 Å². The number of nitrogens with one attached hydrogen (secondary N) is 2. The van der Waals surface area contributed by atoms with Crippen molar-refractivity contribution in [2.45, 2.75) is 46.3 Å². The maximum atomic E-state index is 11.8. The molecule has 2 unspecified atom stereocenters. The van der Waals surface area contributed by atoms with Crippen LogP contribution in [0, 0.1) is 0 Å².